The maximum Gasteiger partial charge on any atom is 0.339 e. The van der Waals surface area contributed by atoms with Crippen molar-refractivity contribution in [3.05, 3.63) is 47.3 Å². The number of ether oxygens (including phenoxy) is 3. The first kappa shape index (κ1) is 20.7. The zero-order valence-electron chi connectivity index (χ0n) is 17.4. The van der Waals surface area contributed by atoms with Gasteiger partial charge < -0.3 is 24.4 Å². The molecule has 2 aliphatic heterocycles. The number of rotatable bonds is 5. The number of anilines is 2. The first-order valence-electron chi connectivity index (χ1n) is 10.0. The second-order valence-electron chi connectivity index (χ2n) is 7.61. The first-order chi connectivity index (χ1) is 15.5. The number of carbonyl (C=O) groups excluding carboxylic acids is 2. The first-order valence-corrected chi connectivity index (χ1v) is 10.8. The average molecular weight is 457 g/mol. The molecule has 32 heavy (non-hydrogen) atoms. The van der Waals surface area contributed by atoms with Crippen LogP contribution < -0.4 is 15.0 Å². The van der Waals surface area contributed by atoms with E-state index < -0.39 is 17.7 Å². The van der Waals surface area contributed by atoms with Crippen molar-refractivity contribution in [2.45, 2.75) is 18.5 Å². The third kappa shape index (κ3) is 3.35. The van der Waals surface area contributed by atoms with Crippen molar-refractivity contribution in [1.29, 1.82) is 0 Å². The van der Waals surface area contributed by atoms with Crippen LogP contribution in [0.25, 0.3) is 10.2 Å². The lowest BCUT2D eigenvalue weighted by molar-refractivity contribution is 0.0103. The Morgan fingerprint density at radius 1 is 1.22 bits per heavy atom. The Bertz CT molecular complexity index is 1220. The van der Waals surface area contributed by atoms with E-state index in [1.807, 2.05) is 0 Å². The quantitative estimate of drug-likeness (QED) is 0.587. The molecule has 5 rings (SSSR count). The van der Waals surface area contributed by atoms with Gasteiger partial charge in [0.25, 0.3) is 5.91 Å². The number of nitrogens with zero attached hydrogens (tertiary/aromatic N) is 2. The highest BCUT2D eigenvalue weighted by molar-refractivity contribution is 7.22. The van der Waals surface area contributed by atoms with E-state index in [1.165, 1.54) is 31.6 Å². The van der Waals surface area contributed by atoms with Crippen molar-refractivity contribution < 1.29 is 28.2 Å². The topological polar surface area (TPSA) is 90.0 Å². The van der Waals surface area contributed by atoms with Gasteiger partial charge in [-0.3, -0.25) is 4.79 Å². The number of nitrogens with one attached hydrogen (secondary N) is 1. The van der Waals surface area contributed by atoms with Crippen LogP contribution in [0.4, 0.5) is 15.2 Å². The van der Waals surface area contributed by atoms with Crippen molar-refractivity contribution in [3.63, 3.8) is 0 Å². The molecule has 0 saturated carbocycles. The largest absolute Gasteiger partial charge is 0.496 e. The Hall–Kier alpha value is -3.24. The summed E-state index contributed by atoms with van der Waals surface area (Å²) in [7, 11) is 2.69. The Balaban J connectivity index is 1.54. The van der Waals surface area contributed by atoms with Crippen molar-refractivity contribution in [2.24, 2.45) is 0 Å². The van der Waals surface area contributed by atoms with Crippen LogP contribution >= 0.6 is 11.3 Å². The molecule has 166 valence electrons. The van der Waals surface area contributed by atoms with E-state index in [4.69, 9.17) is 19.2 Å². The average Bonchev–Trinajstić information content (AvgIpc) is 3.21. The summed E-state index contributed by atoms with van der Waals surface area (Å²) in [6.45, 7) is 1.33. The number of amides is 1. The summed E-state index contributed by atoms with van der Waals surface area (Å²) in [6.07, 6.45) is 1.07. The molecule has 2 unspecified atom stereocenters. The van der Waals surface area contributed by atoms with Gasteiger partial charge in [-0.05, 0) is 36.8 Å². The molecular weight excluding hydrogens is 437 g/mol. The maximum absolute atomic E-state index is 13.9. The molecule has 0 radical (unpaired) electrons. The lowest BCUT2D eigenvalue weighted by atomic mass is 9.92. The van der Waals surface area contributed by atoms with Gasteiger partial charge >= 0.3 is 5.97 Å². The molecule has 1 amide bonds. The van der Waals surface area contributed by atoms with Crippen LogP contribution in [-0.2, 0) is 9.47 Å². The number of fused-ring (bicyclic) bond motifs is 3. The van der Waals surface area contributed by atoms with E-state index in [0.717, 1.165) is 23.7 Å². The molecule has 2 atom stereocenters. The number of benzene rings is 2. The van der Waals surface area contributed by atoms with E-state index in [0.29, 0.717) is 41.3 Å². The number of esters is 1. The number of thiazole rings is 1. The van der Waals surface area contributed by atoms with Gasteiger partial charge in [0.1, 0.15) is 17.1 Å². The second-order valence-corrected chi connectivity index (χ2v) is 8.59. The summed E-state index contributed by atoms with van der Waals surface area (Å²) in [5.74, 6) is -1.46. The molecule has 2 bridgehead atoms. The van der Waals surface area contributed by atoms with Gasteiger partial charge in [0, 0.05) is 0 Å². The highest BCUT2D eigenvalue weighted by Gasteiger charge is 2.44. The predicted octanol–water partition coefficient (Wildman–Crippen LogP) is 3.46. The molecule has 2 fully saturated rings. The van der Waals surface area contributed by atoms with Crippen molar-refractivity contribution in [3.8, 4) is 5.75 Å². The van der Waals surface area contributed by atoms with Crippen LogP contribution in [0.2, 0.25) is 0 Å². The smallest absolute Gasteiger partial charge is 0.339 e. The molecule has 8 nitrogen and oxygen atoms in total. The fraction of sp³-hybridized carbons (Fsp3) is 0.318. The van der Waals surface area contributed by atoms with Gasteiger partial charge in [0.2, 0.25) is 0 Å². The molecule has 1 aromatic heterocycles. The third-order valence-corrected chi connectivity index (χ3v) is 6.86. The van der Waals surface area contributed by atoms with Crippen LogP contribution in [-0.4, -0.2) is 56.4 Å². The van der Waals surface area contributed by atoms with E-state index in [1.54, 1.807) is 12.1 Å². The van der Waals surface area contributed by atoms with E-state index in [9.17, 15) is 14.0 Å². The molecule has 3 heterocycles. The molecule has 1 N–H and O–H groups in total. The van der Waals surface area contributed by atoms with Crippen LogP contribution in [0.1, 0.15) is 27.1 Å². The molecule has 0 spiro atoms. The minimum atomic E-state index is -0.683. The van der Waals surface area contributed by atoms with E-state index >= 15 is 0 Å². The highest BCUT2D eigenvalue weighted by atomic mass is 32.1. The molecule has 0 aliphatic carbocycles. The fourth-order valence-corrected chi connectivity index (χ4v) is 5.44. The Morgan fingerprint density at radius 2 is 2.00 bits per heavy atom. The summed E-state index contributed by atoms with van der Waals surface area (Å²) < 4.78 is 30.3. The molecule has 2 aliphatic rings. The van der Waals surface area contributed by atoms with Crippen molar-refractivity contribution in [1.82, 2.24) is 4.98 Å². The van der Waals surface area contributed by atoms with Crippen molar-refractivity contribution >= 4 is 44.2 Å². The molecule has 10 heteroatoms. The second kappa shape index (κ2) is 8.03. The highest BCUT2D eigenvalue weighted by Crippen LogP contribution is 2.42. The molecule has 2 aromatic carbocycles. The zero-order chi connectivity index (χ0) is 22.4. The molecular formula is C22H20FN3O5S. The van der Waals surface area contributed by atoms with Crippen LogP contribution in [0.5, 0.6) is 5.75 Å². The van der Waals surface area contributed by atoms with E-state index in [2.05, 4.69) is 10.2 Å². The van der Waals surface area contributed by atoms with Crippen LogP contribution in [0, 0.1) is 5.82 Å². The predicted molar refractivity (Wildman–Crippen MR) is 117 cm³/mol. The van der Waals surface area contributed by atoms with Gasteiger partial charge in [-0.25, -0.2) is 14.2 Å². The summed E-state index contributed by atoms with van der Waals surface area (Å²) in [4.78, 5) is 32.4. The number of hydrogen-bond donors (Lipinski definition) is 1. The third-order valence-electron chi connectivity index (χ3n) is 5.76. The van der Waals surface area contributed by atoms with Crippen LogP contribution in [0.15, 0.2) is 30.3 Å². The van der Waals surface area contributed by atoms with Gasteiger partial charge in [0.15, 0.2) is 5.13 Å². The normalized spacial score (nSPS) is 19.4. The summed E-state index contributed by atoms with van der Waals surface area (Å²) in [5, 5.41) is 3.47. The summed E-state index contributed by atoms with van der Waals surface area (Å²) >= 11 is 1.40. The monoisotopic (exact) mass is 457 g/mol. The Kier molecular flexibility index (Phi) is 5.18. The Labute approximate surface area is 186 Å². The zero-order valence-corrected chi connectivity index (χ0v) is 18.2. The lowest BCUT2D eigenvalue weighted by Crippen LogP contribution is -2.64. The van der Waals surface area contributed by atoms with Gasteiger partial charge in [-0.2, -0.15) is 0 Å². The van der Waals surface area contributed by atoms with Crippen molar-refractivity contribution in [2.75, 3.05) is 37.7 Å². The van der Waals surface area contributed by atoms with Gasteiger partial charge in [0.05, 0.1) is 61.0 Å². The number of methoxy groups -OCH3 is 2. The lowest BCUT2D eigenvalue weighted by Gasteiger charge is -2.52. The minimum Gasteiger partial charge on any atom is -0.496 e. The number of halogens is 1. The maximum atomic E-state index is 13.9. The molecule has 2 saturated heterocycles. The fourth-order valence-electron chi connectivity index (χ4n) is 4.20. The summed E-state index contributed by atoms with van der Waals surface area (Å²) in [6, 6.07) is 7.55. The van der Waals surface area contributed by atoms with Gasteiger partial charge in [-0.15, -0.1) is 0 Å². The van der Waals surface area contributed by atoms with E-state index in [-0.39, 0.29) is 16.8 Å². The number of aromatic nitrogens is 1. The number of hydrogen-bond acceptors (Lipinski definition) is 8. The van der Waals surface area contributed by atoms with Gasteiger partial charge in [-0.1, -0.05) is 11.3 Å². The van der Waals surface area contributed by atoms with Crippen LogP contribution in [0.3, 0.4) is 0 Å². The standard InChI is InChI=1S/C22H20FN3O5S/c1-29-17-6-5-15-19(32-22(25-15)26-12-8-13(26)10-31-9-12)18(17)20(27)24-16-7-11(23)3-4-14(16)21(28)30-2/h3-7,12-13H,8-10H2,1-2H3,(H,24,27). The SMILES string of the molecule is COC(=O)c1ccc(F)cc1NC(=O)c1c(OC)ccc2nc(N3C4COCC3C4)sc12. The minimum absolute atomic E-state index is 0.0140. The number of carbonyl (C=O) groups is 2. The Morgan fingerprint density at radius 3 is 2.69 bits per heavy atom. The number of morpholine rings is 1. The molecule has 3 aromatic rings. The summed E-state index contributed by atoms with van der Waals surface area (Å²) in [5.41, 5.74) is 0.997.